The van der Waals surface area contributed by atoms with Crippen molar-refractivity contribution in [3.05, 3.63) is 59.2 Å². The number of nitrogens with one attached hydrogen (secondary N) is 1. The first kappa shape index (κ1) is 19.6. The smallest absolute Gasteiger partial charge is 0.344 e. The summed E-state index contributed by atoms with van der Waals surface area (Å²) in [4.78, 5) is 35.4. The number of anilines is 1. The largest absolute Gasteiger partial charge is 0.482 e. The van der Waals surface area contributed by atoms with Crippen molar-refractivity contribution in [1.29, 1.82) is 0 Å². The van der Waals surface area contributed by atoms with Gasteiger partial charge in [0.15, 0.2) is 18.5 Å². The van der Waals surface area contributed by atoms with Crippen LogP contribution in [0.4, 0.5) is 5.69 Å². The Morgan fingerprint density at radius 3 is 2.46 bits per heavy atom. The first-order chi connectivity index (χ1) is 13.4. The maximum absolute atomic E-state index is 12.3. The molecule has 0 aromatic heterocycles. The number of esters is 1. The molecule has 6 nitrogen and oxygen atoms in total. The van der Waals surface area contributed by atoms with Crippen molar-refractivity contribution in [3.63, 3.8) is 0 Å². The molecule has 0 unspecified atom stereocenters. The molecule has 0 heterocycles. The quantitative estimate of drug-likeness (QED) is 0.588. The van der Waals surface area contributed by atoms with Gasteiger partial charge in [-0.15, -0.1) is 0 Å². The third-order valence-electron chi connectivity index (χ3n) is 4.66. The number of ketones is 1. The van der Waals surface area contributed by atoms with E-state index in [1.807, 2.05) is 18.2 Å². The molecule has 0 fully saturated rings. The Morgan fingerprint density at radius 1 is 1.04 bits per heavy atom. The SMILES string of the molecule is CC(=O)c1ccc(OCC(=O)O[C@H](C)C(=O)Nc2ccc3c(c2)CCC3)cc1. The van der Waals surface area contributed by atoms with Gasteiger partial charge in [0.05, 0.1) is 0 Å². The van der Waals surface area contributed by atoms with Crippen molar-refractivity contribution in [2.75, 3.05) is 11.9 Å². The zero-order valence-corrected chi connectivity index (χ0v) is 16.0. The third-order valence-corrected chi connectivity index (χ3v) is 4.66. The monoisotopic (exact) mass is 381 g/mol. The van der Waals surface area contributed by atoms with E-state index >= 15 is 0 Å². The summed E-state index contributed by atoms with van der Waals surface area (Å²) in [5, 5.41) is 2.78. The normalized spacial score (nSPS) is 13.4. The van der Waals surface area contributed by atoms with Gasteiger partial charge in [0, 0.05) is 11.3 Å². The Bertz CT molecular complexity index is 888. The predicted octanol–water partition coefficient (Wildman–Crippen LogP) is 3.33. The summed E-state index contributed by atoms with van der Waals surface area (Å²) in [6.45, 7) is 2.67. The minimum absolute atomic E-state index is 0.0471. The highest BCUT2D eigenvalue weighted by atomic mass is 16.6. The molecule has 0 saturated carbocycles. The van der Waals surface area contributed by atoms with Crippen LogP contribution in [0.5, 0.6) is 5.75 Å². The number of carbonyl (C=O) groups excluding carboxylic acids is 3. The van der Waals surface area contributed by atoms with Crippen molar-refractivity contribution < 1.29 is 23.9 Å². The van der Waals surface area contributed by atoms with Gasteiger partial charge in [-0.1, -0.05) is 6.07 Å². The van der Waals surface area contributed by atoms with E-state index in [-0.39, 0.29) is 12.4 Å². The van der Waals surface area contributed by atoms with Gasteiger partial charge in [0.2, 0.25) is 0 Å². The van der Waals surface area contributed by atoms with E-state index < -0.39 is 18.0 Å². The number of ether oxygens (including phenoxy) is 2. The number of rotatable bonds is 7. The van der Waals surface area contributed by atoms with Gasteiger partial charge >= 0.3 is 5.97 Å². The number of carbonyl (C=O) groups is 3. The number of aryl methyl sites for hydroxylation is 2. The molecule has 0 saturated heterocycles. The van der Waals surface area contributed by atoms with Gasteiger partial charge in [-0.25, -0.2) is 4.79 Å². The third kappa shape index (κ3) is 4.97. The molecule has 2 aromatic carbocycles. The average Bonchev–Trinajstić information content (AvgIpc) is 3.14. The lowest BCUT2D eigenvalue weighted by Gasteiger charge is -2.14. The average molecular weight is 381 g/mol. The molecule has 146 valence electrons. The van der Waals surface area contributed by atoms with Crippen LogP contribution in [0.2, 0.25) is 0 Å². The van der Waals surface area contributed by atoms with E-state index in [0.29, 0.717) is 17.0 Å². The fourth-order valence-corrected chi connectivity index (χ4v) is 3.11. The summed E-state index contributed by atoms with van der Waals surface area (Å²) in [5.41, 5.74) is 3.85. The maximum atomic E-state index is 12.3. The summed E-state index contributed by atoms with van der Waals surface area (Å²) in [7, 11) is 0. The Morgan fingerprint density at radius 2 is 1.75 bits per heavy atom. The highest BCUT2D eigenvalue weighted by molar-refractivity contribution is 5.95. The zero-order chi connectivity index (χ0) is 20.1. The van der Waals surface area contributed by atoms with E-state index in [2.05, 4.69) is 5.32 Å². The molecule has 0 spiro atoms. The highest BCUT2D eigenvalue weighted by Gasteiger charge is 2.19. The number of benzene rings is 2. The molecular formula is C22H23NO5. The minimum Gasteiger partial charge on any atom is -0.482 e. The van der Waals surface area contributed by atoms with Crippen molar-refractivity contribution in [3.8, 4) is 5.75 Å². The van der Waals surface area contributed by atoms with Crippen molar-refractivity contribution in [1.82, 2.24) is 0 Å². The van der Waals surface area contributed by atoms with Crippen LogP contribution < -0.4 is 10.1 Å². The number of fused-ring (bicyclic) bond motifs is 1. The lowest BCUT2D eigenvalue weighted by molar-refractivity contribution is -0.155. The molecule has 28 heavy (non-hydrogen) atoms. The summed E-state index contributed by atoms with van der Waals surface area (Å²) in [6, 6.07) is 12.3. The maximum Gasteiger partial charge on any atom is 0.344 e. The standard InChI is InChI=1S/C22H23NO5/c1-14(24)16-7-10-20(11-8-16)27-13-21(25)28-15(2)22(26)23-19-9-6-17-4-3-5-18(17)12-19/h6-12,15H,3-5,13H2,1-2H3,(H,23,26)/t15-/m1/s1. The van der Waals surface area contributed by atoms with Gasteiger partial charge in [0.1, 0.15) is 5.75 Å². The second-order valence-corrected chi connectivity index (χ2v) is 6.83. The topological polar surface area (TPSA) is 81.7 Å². The van der Waals surface area contributed by atoms with Crippen LogP contribution >= 0.6 is 0 Å². The summed E-state index contributed by atoms with van der Waals surface area (Å²) in [6.07, 6.45) is 2.30. The van der Waals surface area contributed by atoms with Crippen LogP contribution in [0.25, 0.3) is 0 Å². The predicted molar refractivity (Wildman–Crippen MR) is 105 cm³/mol. The van der Waals surface area contributed by atoms with Crippen LogP contribution in [0.15, 0.2) is 42.5 Å². The molecule has 1 N–H and O–H groups in total. The zero-order valence-electron chi connectivity index (χ0n) is 16.0. The van der Waals surface area contributed by atoms with Crippen LogP contribution in [-0.4, -0.2) is 30.4 Å². The Kier molecular flexibility index (Phi) is 6.09. The molecule has 0 bridgehead atoms. The molecular weight excluding hydrogens is 358 g/mol. The molecule has 1 aliphatic carbocycles. The molecule has 1 atom stereocenters. The van der Waals surface area contributed by atoms with Crippen molar-refractivity contribution >= 4 is 23.3 Å². The second-order valence-electron chi connectivity index (χ2n) is 6.83. The lowest BCUT2D eigenvalue weighted by Crippen LogP contribution is -2.31. The van der Waals surface area contributed by atoms with Gasteiger partial charge in [-0.05, 0) is 80.6 Å². The highest BCUT2D eigenvalue weighted by Crippen LogP contribution is 2.25. The Hall–Kier alpha value is -3.15. The number of Topliss-reactive ketones (excluding diaryl/α,β-unsaturated/α-hetero) is 1. The molecule has 0 aliphatic heterocycles. The molecule has 1 amide bonds. The molecule has 1 aliphatic rings. The summed E-state index contributed by atoms with van der Waals surface area (Å²) in [5.74, 6) is -0.643. The summed E-state index contributed by atoms with van der Waals surface area (Å²) >= 11 is 0. The molecule has 2 aromatic rings. The molecule has 3 rings (SSSR count). The molecule has 0 radical (unpaired) electrons. The van der Waals surface area contributed by atoms with Crippen LogP contribution in [0.3, 0.4) is 0 Å². The first-order valence-electron chi connectivity index (χ1n) is 9.28. The molecule has 6 heteroatoms. The van der Waals surface area contributed by atoms with E-state index in [1.165, 1.54) is 25.0 Å². The fraction of sp³-hybridized carbons (Fsp3) is 0.318. The van der Waals surface area contributed by atoms with Crippen LogP contribution in [-0.2, 0) is 27.2 Å². The Balaban J connectivity index is 1.46. The van der Waals surface area contributed by atoms with E-state index in [0.717, 1.165) is 19.3 Å². The minimum atomic E-state index is -0.940. The number of amides is 1. The number of hydrogen-bond acceptors (Lipinski definition) is 5. The van der Waals surface area contributed by atoms with Crippen LogP contribution in [0, 0.1) is 0 Å². The van der Waals surface area contributed by atoms with Crippen LogP contribution in [0.1, 0.15) is 41.8 Å². The van der Waals surface area contributed by atoms with Crippen molar-refractivity contribution in [2.24, 2.45) is 0 Å². The summed E-state index contributed by atoms with van der Waals surface area (Å²) < 4.78 is 10.5. The second kappa shape index (κ2) is 8.69. The van der Waals surface area contributed by atoms with Gasteiger partial charge in [-0.2, -0.15) is 0 Å². The first-order valence-corrected chi connectivity index (χ1v) is 9.28. The van der Waals surface area contributed by atoms with Gasteiger partial charge in [-0.3, -0.25) is 9.59 Å². The Labute approximate surface area is 163 Å². The van der Waals surface area contributed by atoms with E-state index in [1.54, 1.807) is 24.3 Å². The number of hydrogen-bond donors (Lipinski definition) is 1. The van der Waals surface area contributed by atoms with Crippen molar-refractivity contribution in [2.45, 2.75) is 39.2 Å². The van der Waals surface area contributed by atoms with E-state index in [9.17, 15) is 14.4 Å². The lowest BCUT2D eigenvalue weighted by atomic mass is 10.1. The fourth-order valence-electron chi connectivity index (χ4n) is 3.11. The van der Waals surface area contributed by atoms with Gasteiger partial charge < -0.3 is 14.8 Å². The van der Waals surface area contributed by atoms with E-state index in [4.69, 9.17) is 9.47 Å². The van der Waals surface area contributed by atoms with Gasteiger partial charge in [0.25, 0.3) is 5.91 Å².